The molecular formula is C51H37BN2O2. The molecule has 0 radical (unpaired) electrons. The summed E-state index contributed by atoms with van der Waals surface area (Å²) >= 11 is 0. The number of ether oxygens (including phenoxy) is 2. The van der Waals surface area contributed by atoms with E-state index in [-0.39, 0.29) is 12.1 Å². The van der Waals surface area contributed by atoms with Crippen molar-refractivity contribution in [1.82, 2.24) is 0 Å². The Kier molecular flexibility index (Phi) is 7.27. The predicted molar refractivity (Wildman–Crippen MR) is 231 cm³/mol. The van der Waals surface area contributed by atoms with Gasteiger partial charge in [0.05, 0.1) is 0 Å². The van der Waals surface area contributed by atoms with Gasteiger partial charge in [-0.15, -0.1) is 0 Å². The molecule has 0 saturated carbocycles. The lowest BCUT2D eigenvalue weighted by atomic mass is 9.34. The minimum absolute atomic E-state index is 0.0447. The minimum Gasteiger partial charge on any atom is -0.458 e. The molecule has 56 heavy (non-hydrogen) atoms. The Bertz CT molecular complexity index is 2710. The van der Waals surface area contributed by atoms with E-state index in [0.29, 0.717) is 0 Å². The molecule has 0 bridgehead atoms. The van der Waals surface area contributed by atoms with Crippen LogP contribution in [0.25, 0.3) is 11.1 Å². The van der Waals surface area contributed by atoms with Crippen LogP contribution in [-0.4, -0.2) is 6.71 Å². The van der Waals surface area contributed by atoms with Crippen LogP contribution in [0.3, 0.4) is 0 Å². The van der Waals surface area contributed by atoms with E-state index >= 15 is 0 Å². The first kappa shape index (κ1) is 32.5. The van der Waals surface area contributed by atoms with Crippen LogP contribution in [0.5, 0.6) is 23.0 Å². The Morgan fingerprint density at radius 3 is 1.50 bits per heavy atom. The molecule has 4 nitrogen and oxygen atoms in total. The lowest BCUT2D eigenvalue weighted by Crippen LogP contribution is -2.57. The lowest BCUT2D eigenvalue weighted by molar-refractivity contribution is 0.453. The van der Waals surface area contributed by atoms with E-state index in [9.17, 15) is 0 Å². The monoisotopic (exact) mass is 720 g/mol. The highest BCUT2D eigenvalue weighted by molar-refractivity contribution is 6.98. The largest absolute Gasteiger partial charge is 0.458 e. The van der Waals surface area contributed by atoms with Gasteiger partial charge >= 0.3 is 0 Å². The van der Waals surface area contributed by atoms with Gasteiger partial charge in [0.25, 0.3) is 6.71 Å². The van der Waals surface area contributed by atoms with E-state index in [1.165, 1.54) is 16.7 Å². The van der Waals surface area contributed by atoms with Gasteiger partial charge in [0, 0.05) is 56.6 Å². The van der Waals surface area contributed by atoms with Gasteiger partial charge in [-0.2, -0.15) is 0 Å². The van der Waals surface area contributed by atoms with Gasteiger partial charge in [0.2, 0.25) is 0 Å². The zero-order valence-electron chi connectivity index (χ0n) is 31.2. The molecule has 8 aromatic carbocycles. The van der Waals surface area contributed by atoms with Gasteiger partial charge in [-0.3, -0.25) is 0 Å². The van der Waals surface area contributed by atoms with Crippen LogP contribution in [0.2, 0.25) is 0 Å². The van der Waals surface area contributed by atoms with Crippen LogP contribution in [0.4, 0.5) is 34.1 Å². The summed E-state index contributed by atoms with van der Waals surface area (Å²) in [6.07, 6.45) is 0. The van der Waals surface area contributed by atoms with Crippen LogP contribution in [0.1, 0.15) is 25.0 Å². The molecule has 3 aliphatic rings. The Labute approximate surface area is 327 Å². The fourth-order valence-corrected chi connectivity index (χ4v) is 9.22. The highest BCUT2D eigenvalue weighted by Crippen LogP contribution is 2.56. The summed E-state index contributed by atoms with van der Waals surface area (Å²) in [6.45, 7) is 4.64. The fourth-order valence-electron chi connectivity index (χ4n) is 9.22. The summed E-state index contributed by atoms with van der Waals surface area (Å²) in [5, 5.41) is 0. The molecule has 8 aromatic rings. The predicted octanol–water partition coefficient (Wildman–Crippen LogP) is 11.7. The smallest absolute Gasteiger partial charge is 0.260 e. The molecule has 0 saturated heterocycles. The van der Waals surface area contributed by atoms with Crippen LogP contribution in [0, 0.1) is 0 Å². The number of hydrogen-bond donors (Lipinski definition) is 0. The third kappa shape index (κ3) is 4.94. The molecule has 0 spiro atoms. The van der Waals surface area contributed by atoms with E-state index in [1.807, 2.05) is 0 Å². The molecule has 2 aliphatic heterocycles. The topological polar surface area (TPSA) is 24.9 Å². The van der Waals surface area contributed by atoms with Gasteiger partial charge in [-0.05, 0) is 106 Å². The number of benzene rings is 8. The van der Waals surface area contributed by atoms with Gasteiger partial charge in [-0.25, -0.2) is 0 Å². The third-order valence-corrected chi connectivity index (χ3v) is 11.7. The molecule has 5 heteroatoms. The number of hydrogen-bond acceptors (Lipinski definition) is 4. The van der Waals surface area contributed by atoms with Crippen LogP contribution < -0.4 is 35.7 Å². The van der Waals surface area contributed by atoms with E-state index in [0.717, 1.165) is 79.1 Å². The van der Waals surface area contributed by atoms with Crippen molar-refractivity contribution in [3.8, 4) is 34.1 Å². The van der Waals surface area contributed by atoms with Crippen molar-refractivity contribution in [2.45, 2.75) is 19.3 Å². The first-order valence-corrected chi connectivity index (χ1v) is 19.3. The molecule has 0 N–H and O–H groups in total. The zero-order valence-corrected chi connectivity index (χ0v) is 31.2. The lowest BCUT2D eigenvalue weighted by Gasteiger charge is -2.36. The molecule has 0 fully saturated rings. The zero-order chi connectivity index (χ0) is 37.4. The van der Waals surface area contributed by atoms with E-state index in [4.69, 9.17) is 9.47 Å². The van der Waals surface area contributed by atoms with Crippen LogP contribution in [-0.2, 0) is 5.41 Å². The van der Waals surface area contributed by atoms with Gasteiger partial charge < -0.3 is 19.3 Å². The molecule has 11 rings (SSSR count). The Morgan fingerprint density at radius 1 is 0.411 bits per heavy atom. The van der Waals surface area contributed by atoms with Gasteiger partial charge in [0.15, 0.2) is 0 Å². The molecule has 1 aliphatic carbocycles. The average molecular weight is 721 g/mol. The molecular weight excluding hydrogens is 683 g/mol. The second-order valence-electron chi connectivity index (χ2n) is 15.3. The van der Waals surface area contributed by atoms with E-state index in [2.05, 4.69) is 212 Å². The first-order valence-electron chi connectivity index (χ1n) is 19.3. The van der Waals surface area contributed by atoms with Gasteiger partial charge in [0.1, 0.15) is 23.0 Å². The normalized spacial score (nSPS) is 13.6. The highest BCUT2D eigenvalue weighted by atomic mass is 16.5. The maximum Gasteiger partial charge on any atom is 0.260 e. The minimum atomic E-state index is -0.374. The van der Waals surface area contributed by atoms with Crippen molar-refractivity contribution < 1.29 is 9.47 Å². The quantitative estimate of drug-likeness (QED) is 0.160. The summed E-state index contributed by atoms with van der Waals surface area (Å²) in [4.78, 5) is 4.63. The number of fused-ring (bicyclic) bond motifs is 8. The summed E-state index contributed by atoms with van der Waals surface area (Å²) in [6, 6.07) is 66.7. The maximum absolute atomic E-state index is 7.31. The van der Waals surface area contributed by atoms with Crippen LogP contribution >= 0.6 is 0 Å². The summed E-state index contributed by atoms with van der Waals surface area (Å²) in [5.74, 6) is 3.51. The number of rotatable bonds is 6. The highest BCUT2D eigenvalue weighted by Gasteiger charge is 2.47. The molecule has 0 amide bonds. The molecule has 0 unspecified atom stereocenters. The number of anilines is 6. The summed E-state index contributed by atoms with van der Waals surface area (Å²) in [5.41, 5.74) is 14.4. The summed E-state index contributed by atoms with van der Waals surface area (Å²) in [7, 11) is 0. The first-order chi connectivity index (χ1) is 27.5. The van der Waals surface area contributed by atoms with E-state index in [1.54, 1.807) is 0 Å². The van der Waals surface area contributed by atoms with Crippen molar-refractivity contribution >= 4 is 57.2 Å². The summed E-state index contributed by atoms with van der Waals surface area (Å²) < 4.78 is 14.1. The maximum atomic E-state index is 7.31. The van der Waals surface area contributed by atoms with Crippen molar-refractivity contribution in [2.24, 2.45) is 0 Å². The SMILES string of the molecule is CC1(C)c2cc(N(c3ccccc3)c3ccccc3)ccc2-c2cc3c4c(c21)Oc1cc(N(c2ccccc2)c2ccccc2)ccc1B4c1ccccc1O3. The van der Waals surface area contributed by atoms with E-state index < -0.39 is 0 Å². The Balaban J connectivity index is 1.09. The van der Waals surface area contributed by atoms with Crippen LogP contribution in [0.15, 0.2) is 188 Å². The standard InChI is InChI=1S/C51H37BN2O2/c1-51(2)42-31-38(53(34-17-7-3-8-18-34)35-19-9-4-10-20-35)27-29-40(42)41-33-47-49-50(48(41)51)56-46-32-39(28-30-44(46)52(49)43-25-15-16-26-45(43)55-47)54(36-21-11-5-12-22-36)37-23-13-6-14-24-37/h3-33H,1-2H3. The van der Waals surface area contributed by atoms with Crippen molar-refractivity contribution in [2.75, 3.05) is 9.80 Å². The second-order valence-corrected chi connectivity index (χ2v) is 15.3. The third-order valence-electron chi connectivity index (χ3n) is 11.7. The Morgan fingerprint density at radius 2 is 0.911 bits per heavy atom. The van der Waals surface area contributed by atoms with Crippen molar-refractivity contribution in [3.05, 3.63) is 199 Å². The molecule has 2 heterocycles. The number of para-hydroxylation sites is 5. The Hall–Kier alpha value is -6.98. The second kappa shape index (κ2) is 12.5. The van der Waals surface area contributed by atoms with Crippen molar-refractivity contribution in [3.63, 3.8) is 0 Å². The molecule has 266 valence electrons. The molecule has 0 atom stereocenters. The fraction of sp³-hybridized carbons (Fsp3) is 0.0588. The van der Waals surface area contributed by atoms with Gasteiger partial charge in [-0.1, -0.05) is 117 Å². The average Bonchev–Trinajstić information content (AvgIpc) is 3.47. The molecule has 0 aromatic heterocycles. The van der Waals surface area contributed by atoms with Crippen molar-refractivity contribution in [1.29, 1.82) is 0 Å². The number of nitrogens with zero attached hydrogens (tertiary/aromatic N) is 2.